The van der Waals surface area contributed by atoms with Gasteiger partial charge in [0.25, 0.3) is 5.91 Å². The maximum absolute atomic E-state index is 12.4. The number of hydrogen-bond donors (Lipinski definition) is 1. The number of nitrogens with zero attached hydrogens (tertiary/aromatic N) is 3. The third-order valence-electron chi connectivity index (χ3n) is 3.99. The van der Waals surface area contributed by atoms with Gasteiger partial charge in [0, 0.05) is 23.3 Å². The number of carbonyl (C=O) groups is 1. The topological polar surface area (TPSA) is 80.5 Å². The second-order valence-corrected chi connectivity index (χ2v) is 6.71. The number of amides is 1. The molecule has 3 heterocycles. The van der Waals surface area contributed by atoms with Crippen molar-refractivity contribution in [2.24, 2.45) is 0 Å². The van der Waals surface area contributed by atoms with Crippen LogP contribution in [0.15, 0.2) is 28.2 Å². The average molecular weight is 344 g/mol. The SMILES string of the molecule is Cc1cc(C(=O)Nc2ccc(N3CCOCC3)c3nonc23)cs1. The highest BCUT2D eigenvalue weighted by Gasteiger charge is 2.20. The first-order valence-corrected chi connectivity index (χ1v) is 8.55. The van der Waals surface area contributed by atoms with Gasteiger partial charge in [0.1, 0.15) is 0 Å². The summed E-state index contributed by atoms with van der Waals surface area (Å²) in [6.07, 6.45) is 0. The molecular formula is C16H16N4O3S. The van der Waals surface area contributed by atoms with Gasteiger partial charge >= 0.3 is 0 Å². The third kappa shape index (κ3) is 2.74. The molecule has 1 aliphatic heterocycles. The van der Waals surface area contributed by atoms with Crippen LogP contribution in [0.5, 0.6) is 0 Å². The first kappa shape index (κ1) is 15.1. The molecule has 0 saturated carbocycles. The monoisotopic (exact) mass is 344 g/mol. The summed E-state index contributed by atoms with van der Waals surface area (Å²) in [7, 11) is 0. The Labute approximate surface area is 142 Å². The Morgan fingerprint density at radius 2 is 2.04 bits per heavy atom. The van der Waals surface area contributed by atoms with Gasteiger partial charge in [0.15, 0.2) is 11.0 Å². The predicted octanol–water partition coefficient (Wildman–Crippen LogP) is 2.68. The molecule has 24 heavy (non-hydrogen) atoms. The summed E-state index contributed by atoms with van der Waals surface area (Å²) >= 11 is 1.54. The van der Waals surface area contributed by atoms with Crippen LogP contribution in [0, 0.1) is 6.92 Å². The summed E-state index contributed by atoms with van der Waals surface area (Å²) in [6.45, 7) is 4.92. The maximum atomic E-state index is 12.4. The first-order chi connectivity index (χ1) is 11.7. The Kier molecular flexibility index (Phi) is 3.91. The van der Waals surface area contributed by atoms with E-state index in [1.54, 1.807) is 11.3 Å². The summed E-state index contributed by atoms with van der Waals surface area (Å²) in [5, 5.41) is 12.7. The molecule has 7 nitrogen and oxygen atoms in total. The van der Waals surface area contributed by atoms with Crippen LogP contribution < -0.4 is 10.2 Å². The number of aryl methyl sites for hydroxylation is 1. The smallest absolute Gasteiger partial charge is 0.256 e. The van der Waals surface area contributed by atoms with Crippen molar-refractivity contribution < 1.29 is 14.2 Å². The number of benzene rings is 1. The van der Waals surface area contributed by atoms with Crippen LogP contribution in [-0.4, -0.2) is 42.5 Å². The van der Waals surface area contributed by atoms with Gasteiger partial charge in [0.05, 0.1) is 30.2 Å². The molecule has 0 atom stereocenters. The van der Waals surface area contributed by atoms with Crippen LogP contribution >= 0.6 is 11.3 Å². The molecule has 1 amide bonds. The molecule has 0 spiro atoms. The van der Waals surface area contributed by atoms with Crippen molar-refractivity contribution in [3.8, 4) is 0 Å². The second-order valence-electron chi connectivity index (χ2n) is 5.59. The fourth-order valence-corrected chi connectivity index (χ4v) is 3.45. The first-order valence-electron chi connectivity index (χ1n) is 7.67. The fourth-order valence-electron chi connectivity index (χ4n) is 2.77. The van der Waals surface area contributed by atoms with E-state index in [0.717, 1.165) is 23.7 Å². The lowest BCUT2D eigenvalue weighted by atomic mass is 10.2. The maximum Gasteiger partial charge on any atom is 0.256 e. The van der Waals surface area contributed by atoms with Gasteiger partial charge in [-0.25, -0.2) is 4.63 Å². The molecule has 1 saturated heterocycles. The van der Waals surface area contributed by atoms with E-state index in [-0.39, 0.29) is 5.91 Å². The highest BCUT2D eigenvalue weighted by Crippen LogP contribution is 2.30. The zero-order chi connectivity index (χ0) is 16.5. The number of fused-ring (bicyclic) bond motifs is 1. The Bertz CT molecular complexity index is 882. The average Bonchev–Trinajstić information content (AvgIpc) is 3.25. The summed E-state index contributed by atoms with van der Waals surface area (Å²) in [5.41, 5.74) is 3.38. The molecule has 8 heteroatoms. The van der Waals surface area contributed by atoms with Gasteiger partial charge < -0.3 is 15.0 Å². The molecule has 2 aromatic heterocycles. The van der Waals surface area contributed by atoms with Crippen molar-refractivity contribution in [3.63, 3.8) is 0 Å². The summed E-state index contributed by atoms with van der Waals surface area (Å²) < 4.78 is 10.3. The van der Waals surface area contributed by atoms with E-state index >= 15 is 0 Å². The lowest BCUT2D eigenvalue weighted by molar-refractivity contribution is 0.102. The van der Waals surface area contributed by atoms with Crippen molar-refractivity contribution in [3.05, 3.63) is 34.0 Å². The van der Waals surface area contributed by atoms with E-state index < -0.39 is 0 Å². The van der Waals surface area contributed by atoms with Gasteiger partial charge in [-0.1, -0.05) is 0 Å². The molecule has 4 rings (SSSR count). The van der Waals surface area contributed by atoms with E-state index in [9.17, 15) is 4.79 Å². The summed E-state index contributed by atoms with van der Waals surface area (Å²) in [6, 6.07) is 5.64. The molecule has 1 aromatic carbocycles. The van der Waals surface area contributed by atoms with E-state index in [1.807, 2.05) is 30.5 Å². The van der Waals surface area contributed by atoms with E-state index in [2.05, 4.69) is 20.5 Å². The number of hydrogen-bond acceptors (Lipinski definition) is 7. The predicted molar refractivity (Wildman–Crippen MR) is 91.8 cm³/mol. The molecule has 1 fully saturated rings. The molecule has 0 bridgehead atoms. The normalized spacial score (nSPS) is 15.0. The van der Waals surface area contributed by atoms with Gasteiger partial charge in [-0.3, -0.25) is 4.79 Å². The largest absolute Gasteiger partial charge is 0.378 e. The fraction of sp³-hybridized carbons (Fsp3) is 0.312. The van der Waals surface area contributed by atoms with E-state index in [1.165, 1.54) is 0 Å². The van der Waals surface area contributed by atoms with Crippen LogP contribution in [0.4, 0.5) is 11.4 Å². The lowest BCUT2D eigenvalue weighted by Crippen LogP contribution is -2.36. The van der Waals surface area contributed by atoms with Crippen LogP contribution in [0.3, 0.4) is 0 Å². The minimum Gasteiger partial charge on any atom is -0.378 e. The highest BCUT2D eigenvalue weighted by atomic mass is 32.1. The van der Waals surface area contributed by atoms with Gasteiger partial charge in [-0.05, 0) is 35.4 Å². The zero-order valence-corrected chi connectivity index (χ0v) is 13.9. The Morgan fingerprint density at radius 3 is 2.79 bits per heavy atom. The van der Waals surface area contributed by atoms with Crippen LogP contribution in [0.25, 0.3) is 11.0 Å². The zero-order valence-electron chi connectivity index (χ0n) is 13.1. The molecule has 0 unspecified atom stereocenters. The number of anilines is 2. The Morgan fingerprint density at radius 1 is 1.25 bits per heavy atom. The number of rotatable bonds is 3. The van der Waals surface area contributed by atoms with Crippen molar-refractivity contribution in [2.45, 2.75) is 6.92 Å². The van der Waals surface area contributed by atoms with Crippen LogP contribution in [0.2, 0.25) is 0 Å². The minimum atomic E-state index is -0.164. The second kappa shape index (κ2) is 6.21. The number of nitrogens with one attached hydrogen (secondary N) is 1. The number of thiophene rings is 1. The lowest BCUT2D eigenvalue weighted by Gasteiger charge is -2.28. The van der Waals surface area contributed by atoms with E-state index in [0.29, 0.717) is 35.5 Å². The van der Waals surface area contributed by atoms with Gasteiger partial charge in [0.2, 0.25) is 0 Å². The molecule has 0 radical (unpaired) electrons. The van der Waals surface area contributed by atoms with Gasteiger partial charge in [-0.2, -0.15) is 0 Å². The highest BCUT2D eigenvalue weighted by molar-refractivity contribution is 7.10. The van der Waals surface area contributed by atoms with Gasteiger partial charge in [-0.15, -0.1) is 11.3 Å². The molecule has 124 valence electrons. The molecule has 1 N–H and O–H groups in total. The number of aromatic nitrogens is 2. The standard InChI is InChI=1S/C16H16N4O3S/c1-10-8-11(9-24-10)16(21)17-12-2-3-13(15-14(12)18-23-19-15)20-4-6-22-7-5-20/h2-3,8-9H,4-7H2,1H3,(H,17,21). The number of ether oxygens (including phenoxy) is 1. The van der Waals surface area contributed by atoms with Crippen LogP contribution in [0.1, 0.15) is 15.2 Å². The van der Waals surface area contributed by atoms with Crippen molar-refractivity contribution >= 4 is 39.7 Å². The van der Waals surface area contributed by atoms with Crippen molar-refractivity contribution in [1.82, 2.24) is 10.3 Å². The quantitative estimate of drug-likeness (QED) is 0.787. The van der Waals surface area contributed by atoms with Crippen LogP contribution in [-0.2, 0) is 4.74 Å². The molecular weight excluding hydrogens is 328 g/mol. The number of carbonyl (C=O) groups excluding carboxylic acids is 1. The summed E-state index contributed by atoms with van der Waals surface area (Å²) in [5.74, 6) is -0.164. The summed E-state index contributed by atoms with van der Waals surface area (Å²) in [4.78, 5) is 15.6. The Balaban J connectivity index is 1.65. The molecule has 1 aliphatic rings. The third-order valence-corrected chi connectivity index (χ3v) is 4.85. The van der Waals surface area contributed by atoms with Crippen molar-refractivity contribution in [1.29, 1.82) is 0 Å². The number of morpholine rings is 1. The molecule has 3 aromatic rings. The van der Waals surface area contributed by atoms with Crippen molar-refractivity contribution in [2.75, 3.05) is 36.5 Å². The Hall–Kier alpha value is -2.45. The molecule has 0 aliphatic carbocycles. The minimum absolute atomic E-state index is 0.164. The van der Waals surface area contributed by atoms with E-state index in [4.69, 9.17) is 9.37 Å².